The first-order valence-electron chi connectivity index (χ1n) is 4.15. The van der Waals surface area contributed by atoms with E-state index in [0.29, 0.717) is 0 Å². The van der Waals surface area contributed by atoms with Crippen LogP contribution in [0.3, 0.4) is 0 Å². The molecule has 0 atom stereocenters. The first-order valence-corrected chi connectivity index (χ1v) is 4.15. The molecule has 0 aliphatic carbocycles. The Kier molecular flexibility index (Phi) is 2.97. The van der Waals surface area contributed by atoms with Crippen molar-refractivity contribution in [2.75, 3.05) is 7.11 Å². The molecule has 0 aliphatic rings. The van der Waals surface area contributed by atoms with Gasteiger partial charge in [-0.1, -0.05) is 31.9 Å². The molecule has 0 spiro atoms. The minimum Gasteiger partial charge on any atom is -0.495 e. The van der Waals surface area contributed by atoms with Crippen LogP contribution in [0.4, 0.5) is 0 Å². The lowest BCUT2D eigenvalue weighted by Gasteiger charge is -2.12. The number of rotatable bonds is 2. The van der Waals surface area contributed by atoms with Gasteiger partial charge in [0.05, 0.1) is 12.7 Å². The van der Waals surface area contributed by atoms with Crippen molar-refractivity contribution in [1.82, 2.24) is 0 Å². The van der Waals surface area contributed by atoms with Crippen molar-refractivity contribution in [3.63, 3.8) is 0 Å². The van der Waals surface area contributed by atoms with Crippen LogP contribution in [0, 0.1) is 18.3 Å². The van der Waals surface area contributed by atoms with E-state index in [-0.39, 0.29) is 0 Å². The molecule has 1 heteroatoms. The third-order valence-corrected chi connectivity index (χ3v) is 1.91. The molecule has 0 unspecified atom stereocenters. The Morgan fingerprint density at radius 3 is 2.54 bits per heavy atom. The lowest BCUT2D eigenvalue weighted by atomic mass is 9.99. The number of para-hydroxylation sites is 1. The molecule has 1 aromatic carbocycles. The van der Waals surface area contributed by atoms with Gasteiger partial charge in [0.2, 0.25) is 0 Å². The molecule has 0 heterocycles. The van der Waals surface area contributed by atoms with Crippen LogP contribution >= 0.6 is 0 Å². The van der Waals surface area contributed by atoms with Crippen LogP contribution in [0.25, 0.3) is 0 Å². The normalized spacial score (nSPS) is 9.77. The summed E-state index contributed by atoms with van der Waals surface area (Å²) in [5.74, 6) is 4.60. The van der Waals surface area contributed by atoms with E-state index in [1.54, 1.807) is 7.11 Å². The fourth-order valence-corrected chi connectivity index (χ4v) is 1.26. The van der Waals surface area contributed by atoms with Gasteiger partial charge < -0.3 is 4.74 Å². The van der Waals surface area contributed by atoms with Crippen LogP contribution in [0.15, 0.2) is 18.2 Å². The van der Waals surface area contributed by atoms with E-state index in [0.717, 1.165) is 16.9 Å². The summed E-state index contributed by atoms with van der Waals surface area (Å²) in [6.45, 7) is 4.08. The Bertz CT molecular complexity index is 331. The Hall–Kier alpha value is -1.42. The van der Waals surface area contributed by atoms with Crippen LogP contribution in [0.1, 0.15) is 25.0 Å². The van der Waals surface area contributed by atoms with Crippen molar-refractivity contribution in [1.29, 1.82) is 0 Å². The Morgan fingerprint density at radius 2 is 2.08 bits per heavy atom. The van der Waals surface area contributed by atoms with Crippen molar-refractivity contribution in [2.45, 2.75) is 13.8 Å². The summed E-state index contributed by atoms with van der Waals surface area (Å²) in [5.41, 5.74) is 1.89. The molecule has 0 fully saturated rings. The van der Waals surface area contributed by atoms with Gasteiger partial charge in [0.25, 0.3) is 0 Å². The number of terminal acetylenes is 1. The fourth-order valence-electron chi connectivity index (χ4n) is 1.26. The summed E-state index contributed by atoms with van der Waals surface area (Å²) in [4.78, 5) is 0. The van der Waals surface area contributed by atoms with Gasteiger partial charge in [-0.3, -0.25) is 0 Å². The molecule has 1 rings (SSSR count). The second kappa shape index (κ2) is 4.00. The van der Waals surface area contributed by atoms with Gasteiger partial charge >= 0.3 is 0 Å². The SMILES string of the molecule is C#Cc1cccc([C](C)C)c1OC. The zero-order valence-corrected chi connectivity index (χ0v) is 8.22. The first kappa shape index (κ1) is 9.67. The van der Waals surface area contributed by atoms with E-state index in [9.17, 15) is 0 Å². The summed E-state index contributed by atoms with van der Waals surface area (Å²) in [5, 5.41) is 0. The Morgan fingerprint density at radius 1 is 1.38 bits per heavy atom. The van der Waals surface area contributed by atoms with Gasteiger partial charge in [-0.25, -0.2) is 0 Å². The molecule has 1 radical (unpaired) electrons. The monoisotopic (exact) mass is 173 g/mol. The highest BCUT2D eigenvalue weighted by atomic mass is 16.5. The van der Waals surface area contributed by atoms with E-state index >= 15 is 0 Å². The van der Waals surface area contributed by atoms with E-state index < -0.39 is 0 Å². The molecular formula is C12H13O. The van der Waals surface area contributed by atoms with E-state index in [1.807, 2.05) is 32.0 Å². The minimum atomic E-state index is 0.796. The molecule has 0 saturated carbocycles. The number of benzene rings is 1. The maximum absolute atomic E-state index is 5.36. The largest absolute Gasteiger partial charge is 0.495 e. The van der Waals surface area contributed by atoms with Gasteiger partial charge in [0, 0.05) is 11.5 Å². The number of hydrogen-bond acceptors (Lipinski definition) is 1. The van der Waals surface area contributed by atoms with E-state index in [1.165, 1.54) is 5.92 Å². The van der Waals surface area contributed by atoms with Crippen LogP contribution in [0.5, 0.6) is 5.75 Å². The lowest BCUT2D eigenvalue weighted by molar-refractivity contribution is 0.410. The molecule has 0 bridgehead atoms. The Balaban J connectivity index is 3.29. The van der Waals surface area contributed by atoms with Crippen molar-refractivity contribution >= 4 is 0 Å². The van der Waals surface area contributed by atoms with Crippen LogP contribution in [-0.4, -0.2) is 7.11 Å². The zero-order valence-electron chi connectivity index (χ0n) is 8.22. The zero-order chi connectivity index (χ0) is 9.84. The van der Waals surface area contributed by atoms with Gasteiger partial charge in [0.1, 0.15) is 5.75 Å². The van der Waals surface area contributed by atoms with Crippen molar-refractivity contribution < 1.29 is 4.74 Å². The molecule has 0 aromatic heterocycles. The smallest absolute Gasteiger partial charge is 0.138 e. The van der Waals surface area contributed by atoms with Gasteiger partial charge in [-0.15, -0.1) is 6.42 Å². The molecule has 0 aliphatic heterocycles. The third-order valence-electron chi connectivity index (χ3n) is 1.91. The van der Waals surface area contributed by atoms with Crippen molar-refractivity contribution in [3.05, 3.63) is 35.2 Å². The quantitative estimate of drug-likeness (QED) is 0.625. The fraction of sp³-hybridized carbons (Fsp3) is 0.250. The molecule has 0 saturated heterocycles. The summed E-state index contributed by atoms with van der Waals surface area (Å²) in [6, 6.07) is 5.83. The lowest BCUT2D eigenvalue weighted by Crippen LogP contribution is -1.97. The second-order valence-corrected chi connectivity index (χ2v) is 3.03. The topological polar surface area (TPSA) is 9.23 Å². The molecule has 0 N–H and O–H groups in total. The van der Waals surface area contributed by atoms with E-state index in [2.05, 4.69) is 5.92 Å². The Labute approximate surface area is 79.7 Å². The highest BCUT2D eigenvalue weighted by molar-refractivity contribution is 5.53. The number of methoxy groups -OCH3 is 1. The van der Waals surface area contributed by atoms with Crippen LogP contribution in [-0.2, 0) is 0 Å². The summed E-state index contributed by atoms with van der Waals surface area (Å²) >= 11 is 0. The summed E-state index contributed by atoms with van der Waals surface area (Å²) in [6.07, 6.45) is 5.36. The average Bonchev–Trinajstić information content (AvgIpc) is 2.16. The first-order chi connectivity index (χ1) is 6.20. The summed E-state index contributed by atoms with van der Waals surface area (Å²) in [7, 11) is 1.64. The minimum absolute atomic E-state index is 0.796. The molecular weight excluding hydrogens is 160 g/mol. The highest BCUT2D eigenvalue weighted by Crippen LogP contribution is 2.28. The molecule has 1 aromatic rings. The third kappa shape index (κ3) is 1.84. The maximum atomic E-state index is 5.36. The number of hydrogen-bond donors (Lipinski definition) is 0. The van der Waals surface area contributed by atoms with Crippen LogP contribution < -0.4 is 4.74 Å². The summed E-state index contributed by atoms with van der Waals surface area (Å²) < 4.78 is 5.27. The molecule has 1 nitrogen and oxygen atoms in total. The van der Waals surface area contributed by atoms with Gasteiger partial charge in [-0.05, 0) is 6.07 Å². The van der Waals surface area contributed by atoms with Crippen molar-refractivity contribution in [2.24, 2.45) is 0 Å². The van der Waals surface area contributed by atoms with Crippen molar-refractivity contribution in [3.8, 4) is 18.1 Å². The standard InChI is InChI=1S/C12H13O/c1-5-10-7-6-8-11(9(2)3)12(10)13-4/h1,6-8H,2-4H3. The molecule has 67 valence electrons. The van der Waals surface area contributed by atoms with E-state index in [4.69, 9.17) is 11.2 Å². The molecule has 13 heavy (non-hydrogen) atoms. The number of ether oxygens (including phenoxy) is 1. The molecule has 0 amide bonds. The second-order valence-electron chi connectivity index (χ2n) is 3.03. The predicted octanol–water partition coefficient (Wildman–Crippen LogP) is 2.64. The van der Waals surface area contributed by atoms with Gasteiger partial charge in [-0.2, -0.15) is 0 Å². The van der Waals surface area contributed by atoms with Crippen LogP contribution in [0.2, 0.25) is 0 Å². The average molecular weight is 173 g/mol. The maximum Gasteiger partial charge on any atom is 0.138 e. The van der Waals surface area contributed by atoms with Gasteiger partial charge in [0.15, 0.2) is 0 Å². The predicted molar refractivity (Wildman–Crippen MR) is 54.6 cm³/mol. The highest BCUT2D eigenvalue weighted by Gasteiger charge is 2.09.